The maximum absolute atomic E-state index is 12.4. The largest absolute Gasteiger partial charge is 0.416 e. The van der Waals surface area contributed by atoms with Crippen LogP contribution in [0.4, 0.5) is 35.0 Å². The number of nitrogens with two attached hydrogens (primary N) is 1. The Morgan fingerprint density at radius 2 is 1.68 bits per heavy atom. The smallest absolute Gasteiger partial charge is 0.397 e. The molecule has 0 saturated heterocycles. The van der Waals surface area contributed by atoms with Crippen molar-refractivity contribution in [2.45, 2.75) is 13.1 Å². The molecule has 4 N–H and O–H groups in total. The Labute approximate surface area is 125 Å². The van der Waals surface area contributed by atoms with Crippen LogP contribution in [-0.4, -0.2) is 6.03 Å². The first-order valence-electron chi connectivity index (χ1n) is 6.37. The lowest BCUT2D eigenvalue weighted by Crippen LogP contribution is -2.20. The number of nitrogen functional groups attached to an aromatic ring is 1. The van der Waals surface area contributed by atoms with Gasteiger partial charge in [-0.05, 0) is 48.9 Å². The van der Waals surface area contributed by atoms with E-state index in [1.54, 1.807) is 18.2 Å². The van der Waals surface area contributed by atoms with E-state index in [1.165, 1.54) is 12.1 Å². The maximum atomic E-state index is 12.4. The monoisotopic (exact) mass is 309 g/mol. The van der Waals surface area contributed by atoms with E-state index in [-0.39, 0.29) is 5.69 Å². The Bertz CT molecular complexity index is 681. The number of hydrogen-bond donors (Lipinski definition) is 3. The van der Waals surface area contributed by atoms with Crippen LogP contribution >= 0.6 is 0 Å². The first-order chi connectivity index (χ1) is 10.3. The third-order valence-corrected chi connectivity index (χ3v) is 2.93. The molecule has 22 heavy (non-hydrogen) atoms. The van der Waals surface area contributed by atoms with Gasteiger partial charge in [-0.3, -0.25) is 0 Å². The second kappa shape index (κ2) is 5.97. The predicted octanol–water partition coefficient (Wildman–Crippen LogP) is 4.24. The summed E-state index contributed by atoms with van der Waals surface area (Å²) in [6, 6.07) is 8.71. The van der Waals surface area contributed by atoms with Crippen molar-refractivity contribution in [1.82, 2.24) is 0 Å². The van der Waals surface area contributed by atoms with Crippen molar-refractivity contribution in [1.29, 1.82) is 0 Å². The van der Waals surface area contributed by atoms with Gasteiger partial charge in [-0.2, -0.15) is 13.2 Å². The number of aryl methyl sites for hydroxylation is 1. The summed E-state index contributed by atoms with van der Waals surface area (Å²) in [5.41, 5.74) is 7.01. The van der Waals surface area contributed by atoms with Gasteiger partial charge in [0.25, 0.3) is 0 Å². The average molecular weight is 309 g/mol. The van der Waals surface area contributed by atoms with Crippen LogP contribution in [0.5, 0.6) is 0 Å². The number of amides is 2. The van der Waals surface area contributed by atoms with Crippen molar-refractivity contribution in [3.05, 3.63) is 53.6 Å². The van der Waals surface area contributed by atoms with E-state index in [4.69, 9.17) is 5.73 Å². The number of carbonyl (C=O) groups excluding carboxylic acids is 1. The zero-order chi connectivity index (χ0) is 16.3. The molecule has 0 aliphatic carbocycles. The highest BCUT2D eigenvalue weighted by Crippen LogP contribution is 2.29. The van der Waals surface area contributed by atoms with Crippen molar-refractivity contribution in [3.63, 3.8) is 0 Å². The number of anilines is 3. The van der Waals surface area contributed by atoms with Gasteiger partial charge in [0.05, 0.1) is 16.9 Å². The average Bonchev–Trinajstić information content (AvgIpc) is 2.41. The molecule has 0 bridgehead atoms. The lowest BCUT2D eigenvalue weighted by Gasteiger charge is -2.11. The molecule has 4 nitrogen and oxygen atoms in total. The minimum Gasteiger partial charge on any atom is -0.397 e. The van der Waals surface area contributed by atoms with Crippen LogP contribution in [-0.2, 0) is 6.18 Å². The number of benzene rings is 2. The number of rotatable bonds is 2. The third kappa shape index (κ3) is 3.91. The van der Waals surface area contributed by atoms with Gasteiger partial charge in [-0.15, -0.1) is 0 Å². The molecule has 0 spiro atoms. The fourth-order valence-corrected chi connectivity index (χ4v) is 1.82. The number of halogens is 3. The van der Waals surface area contributed by atoms with Crippen LogP contribution < -0.4 is 16.4 Å². The van der Waals surface area contributed by atoms with E-state index in [2.05, 4.69) is 10.6 Å². The Kier molecular flexibility index (Phi) is 4.25. The molecule has 2 aromatic rings. The molecule has 0 aliphatic rings. The Balaban J connectivity index is 2.03. The van der Waals surface area contributed by atoms with Crippen LogP contribution in [0.15, 0.2) is 42.5 Å². The minimum atomic E-state index is -4.41. The fourth-order valence-electron chi connectivity index (χ4n) is 1.82. The third-order valence-electron chi connectivity index (χ3n) is 2.93. The molecule has 0 aromatic heterocycles. The van der Waals surface area contributed by atoms with Gasteiger partial charge in [0, 0.05) is 5.69 Å². The predicted molar refractivity (Wildman–Crippen MR) is 79.7 cm³/mol. The van der Waals surface area contributed by atoms with Gasteiger partial charge >= 0.3 is 12.2 Å². The fraction of sp³-hybridized carbons (Fsp3) is 0.133. The summed E-state index contributed by atoms with van der Waals surface area (Å²) < 4.78 is 37.3. The summed E-state index contributed by atoms with van der Waals surface area (Å²) >= 11 is 0. The van der Waals surface area contributed by atoms with Gasteiger partial charge in [0.1, 0.15) is 0 Å². The van der Waals surface area contributed by atoms with Crippen molar-refractivity contribution in [2.24, 2.45) is 0 Å². The molecule has 0 radical (unpaired) electrons. The number of hydrogen-bond acceptors (Lipinski definition) is 2. The number of urea groups is 1. The number of nitrogens with one attached hydrogen (secondary N) is 2. The second-order valence-corrected chi connectivity index (χ2v) is 4.74. The molecule has 7 heteroatoms. The number of alkyl halides is 3. The summed E-state index contributed by atoms with van der Waals surface area (Å²) in [6.07, 6.45) is -4.41. The summed E-state index contributed by atoms with van der Waals surface area (Å²) in [5, 5.41) is 4.97. The Morgan fingerprint density at radius 3 is 2.23 bits per heavy atom. The highest BCUT2D eigenvalue weighted by molar-refractivity contribution is 6.01. The summed E-state index contributed by atoms with van der Waals surface area (Å²) in [5.74, 6) is 0. The zero-order valence-electron chi connectivity index (χ0n) is 11.7. The molecule has 0 atom stereocenters. The van der Waals surface area contributed by atoms with Gasteiger partial charge in [0.15, 0.2) is 0 Å². The van der Waals surface area contributed by atoms with Crippen molar-refractivity contribution >= 4 is 23.1 Å². The molecule has 0 aliphatic heterocycles. The van der Waals surface area contributed by atoms with Crippen molar-refractivity contribution in [2.75, 3.05) is 16.4 Å². The van der Waals surface area contributed by atoms with Gasteiger partial charge in [-0.25, -0.2) is 4.79 Å². The van der Waals surface area contributed by atoms with E-state index in [1.807, 2.05) is 6.92 Å². The van der Waals surface area contributed by atoms with Crippen molar-refractivity contribution < 1.29 is 18.0 Å². The quantitative estimate of drug-likeness (QED) is 0.726. The lowest BCUT2D eigenvalue weighted by atomic mass is 10.2. The van der Waals surface area contributed by atoms with Crippen LogP contribution in [0.2, 0.25) is 0 Å². The molecule has 0 fully saturated rings. The Hall–Kier alpha value is -2.70. The van der Waals surface area contributed by atoms with Crippen LogP contribution in [0.1, 0.15) is 11.1 Å². The maximum Gasteiger partial charge on any atom is 0.416 e. The van der Waals surface area contributed by atoms with Crippen LogP contribution in [0.3, 0.4) is 0 Å². The first-order valence-corrected chi connectivity index (χ1v) is 6.37. The van der Waals surface area contributed by atoms with Crippen LogP contribution in [0.25, 0.3) is 0 Å². The molecule has 2 amide bonds. The molecule has 116 valence electrons. The standard InChI is InChI=1S/C15H14F3N3O/c1-9-2-7-13(12(19)8-9)21-14(22)20-11-5-3-10(4-6-11)15(16,17)18/h2-8H,19H2,1H3,(H2,20,21,22). The molecular formula is C15H14F3N3O. The highest BCUT2D eigenvalue weighted by atomic mass is 19.4. The summed E-state index contributed by atoms with van der Waals surface area (Å²) in [6.45, 7) is 1.86. The molecule has 0 unspecified atom stereocenters. The van der Waals surface area contributed by atoms with E-state index in [0.717, 1.165) is 17.7 Å². The van der Waals surface area contributed by atoms with Gasteiger partial charge in [0.2, 0.25) is 0 Å². The van der Waals surface area contributed by atoms with E-state index >= 15 is 0 Å². The lowest BCUT2D eigenvalue weighted by molar-refractivity contribution is -0.137. The van der Waals surface area contributed by atoms with Gasteiger partial charge < -0.3 is 16.4 Å². The van der Waals surface area contributed by atoms with E-state index in [0.29, 0.717) is 11.4 Å². The van der Waals surface area contributed by atoms with Crippen LogP contribution in [0, 0.1) is 6.92 Å². The summed E-state index contributed by atoms with van der Waals surface area (Å²) in [7, 11) is 0. The second-order valence-electron chi connectivity index (χ2n) is 4.74. The molecule has 2 rings (SSSR count). The zero-order valence-corrected chi connectivity index (χ0v) is 11.7. The topological polar surface area (TPSA) is 67.2 Å². The number of carbonyl (C=O) groups is 1. The summed E-state index contributed by atoms with van der Waals surface area (Å²) in [4.78, 5) is 11.8. The van der Waals surface area contributed by atoms with Crippen molar-refractivity contribution in [3.8, 4) is 0 Å². The highest BCUT2D eigenvalue weighted by Gasteiger charge is 2.29. The van der Waals surface area contributed by atoms with E-state index < -0.39 is 17.8 Å². The molecule has 2 aromatic carbocycles. The normalized spacial score (nSPS) is 11.1. The minimum absolute atomic E-state index is 0.246. The molecule has 0 heterocycles. The Morgan fingerprint density at radius 1 is 1.05 bits per heavy atom. The molecular weight excluding hydrogens is 295 g/mol. The first kappa shape index (κ1) is 15.7. The van der Waals surface area contributed by atoms with E-state index in [9.17, 15) is 18.0 Å². The van der Waals surface area contributed by atoms with Gasteiger partial charge in [-0.1, -0.05) is 6.07 Å². The SMILES string of the molecule is Cc1ccc(NC(=O)Nc2ccc(C(F)(F)F)cc2)c(N)c1. The molecule has 0 saturated carbocycles.